The van der Waals surface area contributed by atoms with Crippen LogP contribution in [-0.4, -0.2) is 104 Å². The number of aromatic nitrogens is 6. The SMILES string of the molecule is Cl.N=C1CCCN1Cc1[nH]c(=O)[nH]c(=O)c1Cl.O=c1[nH]c(=O)n([C@H]2C[C@@H](O)[C@H](CO)O2)cc1C(F)(F)F.O=c1[nH]c(=O)n([C@H]2C[C@@H](O)[C@H](CO)O2)cc1C(F)(F)F. The molecule has 20 nitrogen and oxygen atoms in total. The van der Waals surface area contributed by atoms with Crippen molar-refractivity contribution < 1.29 is 56.2 Å². The standard InChI is InChI=1S/2C10H11F3N2O5.C9H11ClN4O2.ClH/c2*11-10(12,13)4-2-15(9(19)14-8(4)18)7-1-5(17)6(3-16)20-7;10-7-5(12-9(16)13-8(7)15)4-14-3-1-2-6(14)11;/h2*2,5-7,16-17H,1,3H2,(H,14,18,19);11H,1-4H2,(H2,12,13,15,16);1H/t2*5-,6+,7-;;/m11../s1. The lowest BCUT2D eigenvalue weighted by Gasteiger charge is -2.17. The molecule has 0 saturated carbocycles. The van der Waals surface area contributed by atoms with Crippen LogP contribution in [0.1, 0.15) is 55.0 Å². The van der Waals surface area contributed by atoms with E-state index in [1.54, 1.807) is 14.9 Å². The number of likely N-dealkylation sites (tertiary alicyclic amines) is 1. The van der Waals surface area contributed by atoms with Crippen molar-refractivity contribution in [2.24, 2.45) is 0 Å². The van der Waals surface area contributed by atoms with Gasteiger partial charge in [0.15, 0.2) is 0 Å². The van der Waals surface area contributed by atoms with Crippen LogP contribution < -0.4 is 33.7 Å². The lowest BCUT2D eigenvalue weighted by Crippen LogP contribution is -2.36. The number of aliphatic hydroxyl groups excluding tert-OH is 4. The van der Waals surface area contributed by atoms with E-state index in [9.17, 15) is 65.3 Å². The number of halogens is 8. The Morgan fingerprint density at radius 1 is 0.754 bits per heavy atom. The number of ether oxygens (including phenoxy) is 2. The van der Waals surface area contributed by atoms with E-state index < -0.39 is 107 Å². The first-order valence-electron chi connectivity index (χ1n) is 16.1. The molecule has 318 valence electrons. The fraction of sp³-hybridized carbons (Fsp3) is 0.552. The van der Waals surface area contributed by atoms with E-state index in [4.69, 9.17) is 36.7 Å². The van der Waals surface area contributed by atoms with Crippen molar-refractivity contribution >= 4 is 29.8 Å². The molecule has 0 unspecified atom stereocenters. The summed E-state index contributed by atoms with van der Waals surface area (Å²) in [6.45, 7) is -0.0232. The molecule has 28 heteroatoms. The van der Waals surface area contributed by atoms with Gasteiger partial charge in [0.05, 0.1) is 43.5 Å². The molecule has 3 aliphatic rings. The number of amidine groups is 1. The summed E-state index contributed by atoms with van der Waals surface area (Å²) < 4.78 is 86.8. The Morgan fingerprint density at radius 2 is 1.19 bits per heavy atom. The number of nitrogens with zero attached hydrogens (tertiary/aromatic N) is 3. The summed E-state index contributed by atoms with van der Waals surface area (Å²) in [5.74, 6) is 0.511. The second-order valence-electron chi connectivity index (χ2n) is 12.3. The Balaban J connectivity index is 0.000000229. The van der Waals surface area contributed by atoms with Crippen LogP contribution in [0.4, 0.5) is 26.3 Å². The Hall–Kier alpha value is -4.57. The molecular formula is C29H34Cl2F6N8O12. The minimum Gasteiger partial charge on any atom is -0.394 e. The van der Waals surface area contributed by atoms with Crippen molar-refractivity contribution in [2.45, 2.75) is 81.5 Å². The summed E-state index contributed by atoms with van der Waals surface area (Å²) in [4.78, 5) is 77.0. The summed E-state index contributed by atoms with van der Waals surface area (Å²) >= 11 is 5.78. The molecule has 3 aliphatic heterocycles. The predicted molar refractivity (Wildman–Crippen MR) is 183 cm³/mol. The van der Waals surface area contributed by atoms with E-state index in [1.165, 1.54) is 0 Å². The third-order valence-corrected chi connectivity index (χ3v) is 8.86. The molecule has 0 aromatic carbocycles. The van der Waals surface area contributed by atoms with Gasteiger partial charge < -0.3 is 39.8 Å². The molecule has 0 amide bonds. The Kier molecular flexibility index (Phi) is 15.4. The van der Waals surface area contributed by atoms with Gasteiger partial charge in [0.2, 0.25) is 0 Å². The van der Waals surface area contributed by atoms with Crippen LogP contribution in [0.25, 0.3) is 0 Å². The number of H-pyrrole nitrogens is 4. The molecule has 3 fully saturated rings. The van der Waals surface area contributed by atoms with Crippen molar-refractivity contribution in [3.05, 3.63) is 96.8 Å². The van der Waals surface area contributed by atoms with Crippen LogP contribution in [0.2, 0.25) is 5.02 Å². The Labute approximate surface area is 323 Å². The second kappa shape index (κ2) is 18.8. The molecule has 6 atom stereocenters. The van der Waals surface area contributed by atoms with Gasteiger partial charge in [-0.15, -0.1) is 12.4 Å². The van der Waals surface area contributed by atoms with Crippen LogP contribution in [0.15, 0.2) is 41.2 Å². The van der Waals surface area contributed by atoms with Crippen LogP contribution in [0.5, 0.6) is 0 Å². The third kappa shape index (κ3) is 11.3. The number of rotatable bonds is 6. The summed E-state index contributed by atoms with van der Waals surface area (Å²) in [5, 5.41) is 44.4. The molecule has 3 aromatic heterocycles. The van der Waals surface area contributed by atoms with Gasteiger partial charge in [-0.25, -0.2) is 14.4 Å². The van der Waals surface area contributed by atoms with E-state index in [0.29, 0.717) is 39.6 Å². The van der Waals surface area contributed by atoms with Gasteiger partial charge in [0.25, 0.3) is 16.7 Å². The van der Waals surface area contributed by atoms with Gasteiger partial charge in [-0.1, -0.05) is 11.6 Å². The number of aliphatic hydroxyl groups is 4. The van der Waals surface area contributed by atoms with E-state index in [2.05, 4.69) is 4.98 Å². The molecule has 0 bridgehead atoms. The van der Waals surface area contributed by atoms with Gasteiger partial charge in [0, 0.05) is 38.2 Å². The highest BCUT2D eigenvalue weighted by Gasteiger charge is 2.40. The number of hydrogen-bond donors (Lipinski definition) is 9. The normalized spacial score (nSPS) is 23.4. The molecule has 57 heavy (non-hydrogen) atoms. The van der Waals surface area contributed by atoms with Crippen molar-refractivity contribution in [3.63, 3.8) is 0 Å². The first-order chi connectivity index (χ1) is 26.0. The summed E-state index contributed by atoms with van der Waals surface area (Å²) in [5.41, 5.74) is -9.14. The number of aromatic amines is 4. The fourth-order valence-electron chi connectivity index (χ4n) is 5.63. The molecule has 0 spiro atoms. The number of hydrogen-bond acceptors (Lipinski definition) is 13. The zero-order valence-electron chi connectivity index (χ0n) is 28.7. The monoisotopic (exact) mass is 870 g/mol. The lowest BCUT2D eigenvalue weighted by atomic mass is 10.2. The molecule has 6 rings (SSSR count). The van der Waals surface area contributed by atoms with Gasteiger partial charge in [-0.2, -0.15) is 26.3 Å². The van der Waals surface area contributed by atoms with Crippen molar-refractivity contribution in [3.8, 4) is 0 Å². The van der Waals surface area contributed by atoms with E-state index in [1.807, 2.05) is 4.98 Å². The quantitative estimate of drug-likeness (QED) is 0.136. The topological polar surface area (TPSA) is 302 Å². The van der Waals surface area contributed by atoms with Crippen LogP contribution >= 0.6 is 24.0 Å². The third-order valence-electron chi connectivity index (χ3n) is 8.46. The molecular weight excluding hydrogens is 837 g/mol. The Bertz CT molecular complexity index is 2150. The molecule has 9 N–H and O–H groups in total. The van der Waals surface area contributed by atoms with Crippen molar-refractivity contribution in [1.29, 1.82) is 5.41 Å². The zero-order valence-corrected chi connectivity index (χ0v) is 30.3. The second-order valence-corrected chi connectivity index (χ2v) is 12.7. The van der Waals surface area contributed by atoms with Gasteiger partial charge >= 0.3 is 29.4 Å². The molecule has 0 aliphatic carbocycles. The largest absolute Gasteiger partial charge is 0.423 e. The lowest BCUT2D eigenvalue weighted by molar-refractivity contribution is -0.140. The zero-order chi connectivity index (χ0) is 41.9. The molecule has 0 radical (unpaired) electrons. The van der Waals surface area contributed by atoms with Crippen molar-refractivity contribution in [2.75, 3.05) is 19.8 Å². The number of nitrogens with one attached hydrogen (secondary N) is 5. The van der Waals surface area contributed by atoms with Crippen LogP contribution in [-0.2, 0) is 28.4 Å². The van der Waals surface area contributed by atoms with Crippen LogP contribution in [0, 0.1) is 5.41 Å². The predicted octanol–water partition coefficient (Wildman–Crippen LogP) is -0.896. The first-order valence-corrected chi connectivity index (χ1v) is 16.5. The molecule has 3 saturated heterocycles. The maximum Gasteiger partial charge on any atom is 0.423 e. The summed E-state index contributed by atoms with van der Waals surface area (Å²) in [6, 6.07) is 0. The fourth-order valence-corrected chi connectivity index (χ4v) is 5.78. The molecule has 3 aromatic rings. The minimum atomic E-state index is -4.92. The van der Waals surface area contributed by atoms with Crippen LogP contribution in [0.3, 0.4) is 0 Å². The van der Waals surface area contributed by atoms with E-state index in [0.717, 1.165) is 19.4 Å². The maximum atomic E-state index is 12.6. The van der Waals surface area contributed by atoms with Gasteiger partial charge in [-0.3, -0.25) is 43.9 Å². The maximum absolute atomic E-state index is 12.6. The summed E-state index contributed by atoms with van der Waals surface area (Å²) in [7, 11) is 0. The Morgan fingerprint density at radius 3 is 1.54 bits per heavy atom. The van der Waals surface area contributed by atoms with Gasteiger partial charge in [0.1, 0.15) is 40.8 Å². The van der Waals surface area contributed by atoms with Gasteiger partial charge in [-0.05, 0) is 6.42 Å². The average molecular weight is 872 g/mol. The summed E-state index contributed by atoms with van der Waals surface area (Å²) in [6.07, 6.45) is -14.4. The minimum absolute atomic E-state index is 0. The highest BCUT2D eigenvalue weighted by molar-refractivity contribution is 6.31. The molecule has 6 heterocycles. The highest BCUT2D eigenvalue weighted by atomic mass is 35.5. The first kappa shape index (κ1) is 46.8. The van der Waals surface area contributed by atoms with E-state index in [-0.39, 0.29) is 30.3 Å². The average Bonchev–Trinajstić information content (AvgIpc) is 3.79. The highest BCUT2D eigenvalue weighted by Crippen LogP contribution is 2.31. The smallest absolute Gasteiger partial charge is 0.394 e. The van der Waals surface area contributed by atoms with E-state index >= 15 is 0 Å². The van der Waals surface area contributed by atoms with Crippen molar-refractivity contribution in [1.82, 2.24) is 34.0 Å². The number of alkyl halides is 6.